The van der Waals surface area contributed by atoms with E-state index in [4.69, 9.17) is 17.0 Å². The molecule has 1 saturated heterocycles. The highest BCUT2D eigenvalue weighted by atomic mass is 32.1. The predicted molar refractivity (Wildman–Crippen MR) is 108 cm³/mol. The van der Waals surface area contributed by atoms with Gasteiger partial charge >= 0.3 is 0 Å². The van der Waals surface area contributed by atoms with E-state index in [0.717, 1.165) is 51.4 Å². The summed E-state index contributed by atoms with van der Waals surface area (Å²) in [5, 5.41) is 7.94. The predicted octanol–water partition coefficient (Wildman–Crippen LogP) is 2.50. The summed E-state index contributed by atoms with van der Waals surface area (Å²) in [7, 11) is 0. The van der Waals surface area contributed by atoms with Gasteiger partial charge in [-0.1, -0.05) is 45.0 Å². The van der Waals surface area contributed by atoms with Gasteiger partial charge in [0.1, 0.15) is 0 Å². The van der Waals surface area contributed by atoms with Crippen LogP contribution in [0.1, 0.15) is 38.3 Å². The lowest BCUT2D eigenvalue weighted by atomic mass is 9.87. The molecule has 1 aromatic carbocycles. The summed E-state index contributed by atoms with van der Waals surface area (Å²) in [5.74, 6) is 0. The first-order valence-electron chi connectivity index (χ1n) is 8.93. The van der Waals surface area contributed by atoms with E-state index in [2.05, 4.69) is 65.8 Å². The maximum Gasteiger partial charge on any atom is 0.186 e. The second kappa shape index (κ2) is 9.85. The smallest absolute Gasteiger partial charge is 0.186 e. The highest BCUT2D eigenvalue weighted by Gasteiger charge is 2.12. The minimum Gasteiger partial charge on any atom is -0.379 e. The molecule has 5 nitrogen and oxygen atoms in total. The van der Waals surface area contributed by atoms with E-state index in [1.165, 1.54) is 5.56 Å². The summed E-state index contributed by atoms with van der Waals surface area (Å²) in [6.45, 7) is 12.3. The molecule has 0 unspecified atom stereocenters. The van der Waals surface area contributed by atoms with E-state index in [9.17, 15) is 0 Å². The van der Waals surface area contributed by atoms with Crippen molar-refractivity contribution in [3.63, 3.8) is 0 Å². The number of ether oxygens (including phenoxy) is 1. The maximum atomic E-state index is 5.34. The third kappa shape index (κ3) is 7.50. The Morgan fingerprint density at radius 1 is 1.24 bits per heavy atom. The monoisotopic (exact) mass is 362 g/mol. The van der Waals surface area contributed by atoms with Crippen LogP contribution in [0.25, 0.3) is 0 Å². The first-order chi connectivity index (χ1) is 11.9. The molecule has 0 saturated carbocycles. The van der Waals surface area contributed by atoms with Crippen molar-refractivity contribution in [1.29, 1.82) is 0 Å². The van der Waals surface area contributed by atoms with Crippen LogP contribution in [-0.2, 0) is 10.2 Å². The average Bonchev–Trinajstić information content (AvgIpc) is 2.59. The van der Waals surface area contributed by atoms with Crippen molar-refractivity contribution in [1.82, 2.24) is 15.6 Å². The SMILES string of the molecule is CC(C)(C)c1ccc(/C=N/NC(=S)NCCCN2CCOCC2)cc1. The van der Waals surface area contributed by atoms with Crippen LogP contribution >= 0.6 is 12.2 Å². The van der Waals surface area contributed by atoms with Crippen molar-refractivity contribution in [2.24, 2.45) is 5.10 Å². The van der Waals surface area contributed by atoms with Gasteiger partial charge in [0, 0.05) is 19.6 Å². The van der Waals surface area contributed by atoms with Crippen LogP contribution in [0, 0.1) is 0 Å². The maximum absolute atomic E-state index is 5.34. The van der Waals surface area contributed by atoms with E-state index < -0.39 is 0 Å². The minimum absolute atomic E-state index is 0.167. The van der Waals surface area contributed by atoms with Gasteiger partial charge in [0.2, 0.25) is 0 Å². The summed E-state index contributed by atoms with van der Waals surface area (Å²) < 4.78 is 5.34. The van der Waals surface area contributed by atoms with Gasteiger partial charge in [-0.15, -0.1) is 0 Å². The van der Waals surface area contributed by atoms with Crippen LogP contribution in [0.3, 0.4) is 0 Å². The second-order valence-electron chi connectivity index (χ2n) is 7.31. The van der Waals surface area contributed by atoms with Gasteiger partial charge in [0.15, 0.2) is 5.11 Å². The molecule has 25 heavy (non-hydrogen) atoms. The largest absolute Gasteiger partial charge is 0.379 e. The Balaban J connectivity index is 1.63. The third-order valence-corrected chi connectivity index (χ3v) is 4.43. The van der Waals surface area contributed by atoms with E-state index in [1.54, 1.807) is 6.21 Å². The fourth-order valence-electron chi connectivity index (χ4n) is 2.60. The van der Waals surface area contributed by atoms with Crippen molar-refractivity contribution in [3.8, 4) is 0 Å². The number of morpholine rings is 1. The fraction of sp³-hybridized carbons (Fsp3) is 0.579. The second-order valence-corrected chi connectivity index (χ2v) is 7.71. The molecule has 0 bridgehead atoms. The number of hydrogen-bond acceptors (Lipinski definition) is 4. The molecule has 0 atom stereocenters. The van der Waals surface area contributed by atoms with Crippen LogP contribution in [0.5, 0.6) is 0 Å². The minimum atomic E-state index is 0.167. The lowest BCUT2D eigenvalue weighted by Gasteiger charge is -2.26. The van der Waals surface area contributed by atoms with Crippen molar-refractivity contribution >= 4 is 23.5 Å². The molecule has 0 radical (unpaired) electrons. The van der Waals surface area contributed by atoms with Crippen molar-refractivity contribution in [3.05, 3.63) is 35.4 Å². The zero-order valence-electron chi connectivity index (χ0n) is 15.5. The number of nitrogens with one attached hydrogen (secondary N) is 2. The number of hydrogen-bond donors (Lipinski definition) is 2. The summed E-state index contributed by atoms with van der Waals surface area (Å²) in [5.41, 5.74) is 5.40. The summed E-state index contributed by atoms with van der Waals surface area (Å²) in [6, 6.07) is 8.43. The van der Waals surface area contributed by atoms with E-state index >= 15 is 0 Å². The molecule has 138 valence electrons. The average molecular weight is 363 g/mol. The molecule has 6 heteroatoms. The summed E-state index contributed by atoms with van der Waals surface area (Å²) in [4.78, 5) is 2.42. The Labute approximate surface area is 156 Å². The zero-order valence-corrected chi connectivity index (χ0v) is 16.4. The molecule has 1 aromatic rings. The van der Waals surface area contributed by atoms with E-state index in [0.29, 0.717) is 5.11 Å². The Bertz CT molecular complexity index is 560. The van der Waals surface area contributed by atoms with Crippen molar-refractivity contribution in [2.45, 2.75) is 32.6 Å². The fourth-order valence-corrected chi connectivity index (χ4v) is 2.76. The van der Waals surface area contributed by atoms with Crippen LogP contribution < -0.4 is 10.7 Å². The van der Waals surface area contributed by atoms with Gasteiger partial charge in [-0.3, -0.25) is 10.3 Å². The Kier molecular flexibility index (Phi) is 7.81. The highest BCUT2D eigenvalue weighted by Crippen LogP contribution is 2.21. The van der Waals surface area contributed by atoms with Gasteiger partial charge < -0.3 is 10.1 Å². The van der Waals surface area contributed by atoms with Crippen LogP contribution in [-0.4, -0.2) is 55.6 Å². The number of benzene rings is 1. The standard InChI is InChI=1S/C19H30N4OS/c1-19(2,3)17-7-5-16(6-8-17)15-21-22-18(25)20-9-4-10-23-11-13-24-14-12-23/h5-8,15H,4,9-14H2,1-3H3,(H2,20,22,25)/b21-15+. The first-order valence-corrected chi connectivity index (χ1v) is 9.33. The lowest BCUT2D eigenvalue weighted by molar-refractivity contribution is 0.0376. The van der Waals surface area contributed by atoms with Gasteiger partial charge in [-0.2, -0.15) is 5.10 Å². The molecule has 1 fully saturated rings. The van der Waals surface area contributed by atoms with Gasteiger partial charge in [-0.25, -0.2) is 0 Å². The zero-order chi connectivity index (χ0) is 18.1. The highest BCUT2D eigenvalue weighted by molar-refractivity contribution is 7.80. The number of hydrazone groups is 1. The molecule has 1 aliphatic heterocycles. The number of nitrogens with zero attached hydrogens (tertiary/aromatic N) is 2. The molecule has 0 spiro atoms. The molecule has 2 N–H and O–H groups in total. The number of thiocarbonyl (C=S) groups is 1. The number of rotatable bonds is 6. The molecule has 1 aliphatic rings. The first kappa shape index (κ1) is 19.8. The molecular formula is C19H30N4OS. The van der Waals surface area contributed by atoms with Crippen LogP contribution in [0.4, 0.5) is 0 Å². The Hall–Kier alpha value is -1.50. The topological polar surface area (TPSA) is 48.9 Å². The van der Waals surface area contributed by atoms with Gasteiger partial charge in [0.25, 0.3) is 0 Å². The quantitative estimate of drug-likeness (QED) is 0.352. The molecule has 0 amide bonds. The van der Waals surface area contributed by atoms with Gasteiger partial charge in [0.05, 0.1) is 19.4 Å². The molecule has 0 aromatic heterocycles. The normalized spacial score (nSPS) is 16.1. The van der Waals surface area contributed by atoms with Crippen molar-refractivity contribution in [2.75, 3.05) is 39.4 Å². The van der Waals surface area contributed by atoms with Crippen molar-refractivity contribution < 1.29 is 4.74 Å². The third-order valence-electron chi connectivity index (χ3n) is 4.20. The van der Waals surface area contributed by atoms with Crippen LogP contribution in [0.15, 0.2) is 29.4 Å². The summed E-state index contributed by atoms with van der Waals surface area (Å²) in [6.07, 6.45) is 2.84. The van der Waals surface area contributed by atoms with Crippen LogP contribution in [0.2, 0.25) is 0 Å². The van der Waals surface area contributed by atoms with Gasteiger partial charge in [-0.05, 0) is 41.7 Å². The lowest BCUT2D eigenvalue weighted by Crippen LogP contribution is -2.39. The molecule has 1 heterocycles. The summed E-state index contributed by atoms with van der Waals surface area (Å²) >= 11 is 5.24. The Morgan fingerprint density at radius 2 is 1.92 bits per heavy atom. The molecule has 0 aliphatic carbocycles. The van der Waals surface area contributed by atoms with E-state index in [1.807, 2.05) is 0 Å². The van der Waals surface area contributed by atoms with E-state index in [-0.39, 0.29) is 5.41 Å². The molecule has 2 rings (SSSR count). The Morgan fingerprint density at radius 3 is 2.56 bits per heavy atom. The molecular weight excluding hydrogens is 332 g/mol.